The Labute approximate surface area is 120 Å². The molecular weight excluding hydrogens is 278 g/mol. The summed E-state index contributed by atoms with van der Waals surface area (Å²) in [4.78, 5) is 11.8. The number of nitrogens with two attached hydrogens (primary N) is 1. The van der Waals surface area contributed by atoms with Gasteiger partial charge in [0.25, 0.3) is 0 Å². The number of amides is 1. The second-order valence-corrected chi connectivity index (χ2v) is 5.82. The van der Waals surface area contributed by atoms with Crippen molar-refractivity contribution < 1.29 is 4.79 Å². The zero-order valence-corrected chi connectivity index (χ0v) is 12.2. The number of carbonyl (C=O) groups excluding carboxylic acids is 1. The van der Waals surface area contributed by atoms with Crippen LogP contribution in [0.4, 0.5) is 5.13 Å². The summed E-state index contributed by atoms with van der Waals surface area (Å²) in [6.07, 6.45) is 2.50. The van der Waals surface area contributed by atoms with Gasteiger partial charge < -0.3 is 5.73 Å². The van der Waals surface area contributed by atoms with E-state index < -0.39 is 0 Å². The van der Waals surface area contributed by atoms with Gasteiger partial charge in [-0.15, -0.1) is 15.3 Å². The van der Waals surface area contributed by atoms with Gasteiger partial charge in [-0.25, -0.2) is 4.68 Å². The SMILES string of the molecule is CC(C)Cc1nnc(NC(=O)Cn2cc(CN)nn2)s1. The molecule has 0 saturated heterocycles. The molecule has 0 aliphatic carbocycles. The van der Waals surface area contributed by atoms with Crippen molar-refractivity contribution in [3.05, 3.63) is 16.9 Å². The third-order valence-electron chi connectivity index (χ3n) is 2.40. The summed E-state index contributed by atoms with van der Waals surface area (Å²) >= 11 is 1.39. The van der Waals surface area contributed by atoms with Crippen molar-refractivity contribution in [3.8, 4) is 0 Å². The van der Waals surface area contributed by atoms with Crippen LogP contribution < -0.4 is 11.1 Å². The first-order valence-electron chi connectivity index (χ1n) is 6.28. The van der Waals surface area contributed by atoms with Crippen LogP contribution in [-0.4, -0.2) is 31.1 Å². The predicted octanol–water partition coefficient (Wildman–Crippen LogP) is 0.425. The molecule has 0 aliphatic heterocycles. The summed E-state index contributed by atoms with van der Waals surface area (Å²) in [5, 5.41) is 19.7. The van der Waals surface area contributed by atoms with E-state index in [1.54, 1.807) is 6.20 Å². The fraction of sp³-hybridized carbons (Fsp3) is 0.545. The maximum atomic E-state index is 11.8. The van der Waals surface area contributed by atoms with Crippen molar-refractivity contribution in [1.82, 2.24) is 25.2 Å². The number of anilines is 1. The number of nitrogens with zero attached hydrogens (tertiary/aromatic N) is 5. The zero-order valence-electron chi connectivity index (χ0n) is 11.4. The fourth-order valence-electron chi connectivity index (χ4n) is 1.55. The van der Waals surface area contributed by atoms with Crippen molar-refractivity contribution in [2.45, 2.75) is 33.4 Å². The quantitative estimate of drug-likeness (QED) is 0.799. The van der Waals surface area contributed by atoms with E-state index in [2.05, 4.69) is 39.7 Å². The Bertz CT molecular complexity index is 577. The summed E-state index contributed by atoms with van der Waals surface area (Å²) in [6.45, 7) is 4.60. The molecule has 0 aliphatic rings. The molecule has 2 aromatic heterocycles. The first kappa shape index (κ1) is 14.5. The lowest BCUT2D eigenvalue weighted by Crippen LogP contribution is -2.19. The van der Waals surface area contributed by atoms with Crippen LogP contribution in [-0.2, 0) is 24.3 Å². The molecule has 0 unspecified atom stereocenters. The van der Waals surface area contributed by atoms with E-state index in [-0.39, 0.29) is 12.5 Å². The molecule has 0 fully saturated rings. The normalized spacial score (nSPS) is 11.0. The minimum absolute atomic E-state index is 0.0755. The van der Waals surface area contributed by atoms with Gasteiger partial charge in [0.05, 0.1) is 11.9 Å². The first-order chi connectivity index (χ1) is 9.56. The van der Waals surface area contributed by atoms with Crippen LogP contribution in [0, 0.1) is 5.92 Å². The number of aromatic nitrogens is 5. The van der Waals surface area contributed by atoms with Gasteiger partial charge in [0, 0.05) is 13.0 Å². The Morgan fingerprint density at radius 2 is 2.25 bits per heavy atom. The highest BCUT2D eigenvalue weighted by atomic mass is 32.1. The van der Waals surface area contributed by atoms with Crippen LogP contribution in [0.3, 0.4) is 0 Å². The lowest BCUT2D eigenvalue weighted by atomic mass is 10.1. The van der Waals surface area contributed by atoms with Gasteiger partial charge in [-0.3, -0.25) is 10.1 Å². The predicted molar refractivity (Wildman–Crippen MR) is 75.0 cm³/mol. The summed E-state index contributed by atoms with van der Waals surface area (Å²) in [5.74, 6) is 0.294. The number of nitrogens with one attached hydrogen (secondary N) is 1. The third kappa shape index (κ3) is 4.07. The molecule has 1 amide bonds. The molecule has 9 heteroatoms. The van der Waals surface area contributed by atoms with E-state index in [0.29, 0.717) is 23.3 Å². The lowest BCUT2D eigenvalue weighted by Gasteiger charge is -2.00. The average molecular weight is 295 g/mol. The zero-order chi connectivity index (χ0) is 14.5. The van der Waals surface area contributed by atoms with Crippen molar-refractivity contribution in [3.63, 3.8) is 0 Å². The molecule has 108 valence electrons. The van der Waals surface area contributed by atoms with Crippen LogP contribution in [0.15, 0.2) is 6.20 Å². The average Bonchev–Trinajstić information content (AvgIpc) is 2.98. The van der Waals surface area contributed by atoms with E-state index in [0.717, 1.165) is 11.4 Å². The Morgan fingerprint density at radius 3 is 2.90 bits per heavy atom. The molecule has 0 spiro atoms. The highest BCUT2D eigenvalue weighted by Gasteiger charge is 2.10. The minimum Gasteiger partial charge on any atom is -0.325 e. The van der Waals surface area contributed by atoms with Gasteiger partial charge in [0.2, 0.25) is 11.0 Å². The third-order valence-corrected chi connectivity index (χ3v) is 3.26. The molecule has 0 radical (unpaired) electrons. The Balaban J connectivity index is 1.89. The van der Waals surface area contributed by atoms with Gasteiger partial charge in [0.15, 0.2) is 0 Å². The molecule has 0 aromatic carbocycles. The Hall–Kier alpha value is -1.87. The van der Waals surface area contributed by atoms with Crippen molar-refractivity contribution in [2.75, 3.05) is 5.32 Å². The highest BCUT2D eigenvalue weighted by molar-refractivity contribution is 7.15. The molecule has 3 N–H and O–H groups in total. The molecular formula is C11H17N7OS. The number of hydrogen-bond donors (Lipinski definition) is 2. The Kier molecular flexibility index (Phi) is 4.74. The van der Waals surface area contributed by atoms with Crippen LogP contribution in [0.1, 0.15) is 24.5 Å². The summed E-state index contributed by atoms with van der Waals surface area (Å²) in [7, 11) is 0. The van der Waals surface area contributed by atoms with Crippen LogP contribution >= 0.6 is 11.3 Å². The maximum Gasteiger partial charge on any atom is 0.247 e. The lowest BCUT2D eigenvalue weighted by molar-refractivity contribution is -0.116. The maximum absolute atomic E-state index is 11.8. The van der Waals surface area contributed by atoms with Gasteiger partial charge in [0.1, 0.15) is 11.6 Å². The van der Waals surface area contributed by atoms with Crippen LogP contribution in [0.2, 0.25) is 0 Å². The van der Waals surface area contributed by atoms with E-state index in [4.69, 9.17) is 5.73 Å². The summed E-state index contributed by atoms with van der Waals surface area (Å²) in [6, 6.07) is 0. The van der Waals surface area contributed by atoms with Crippen molar-refractivity contribution >= 4 is 22.4 Å². The van der Waals surface area contributed by atoms with Crippen molar-refractivity contribution in [1.29, 1.82) is 0 Å². The van der Waals surface area contributed by atoms with Crippen LogP contribution in [0.25, 0.3) is 0 Å². The second-order valence-electron chi connectivity index (χ2n) is 4.76. The molecule has 0 bridgehead atoms. The highest BCUT2D eigenvalue weighted by Crippen LogP contribution is 2.18. The molecule has 8 nitrogen and oxygen atoms in total. The topological polar surface area (TPSA) is 112 Å². The molecule has 2 heterocycles. The van der Waals surface area contributed by atoms with E-state index in [1.165, 1.54) is 16.0 Å². The number of carbonyl (C=O) groups is 1. The number of rotatable bonds is 6. The summed E-state index contributed by atoms with van der Waals surface area (Å²) in [5.41, 5.74) is 6.07. The largest absolute Gasteiger partial charge is 0.325 e. The van der Waals surface area contributed by atoms with Gasteiger partial charge >= 0.3 is 0 Å². The van der Waals surface area contributed by atoms with E-state index in [1.807, 2.05) is 0 Å². The van der Waals surface area contributed by atoms with E-state index >= 15 is 0 Å². The first-order valence-corrected chi connectivity index (χ1v) is 7.09. The number of hydrogen-bond acceptors (Lipinski definition) is 7. The molecule has 0 atom stereocenters. The van der Waals surface area contributed by atoms with Gasteiger partial charge in [-0.05, 0) is 5.92 Å². The van der Waals surface area contributed by atoms with Gasteiger partial charge in [-0.1, -0.05) is 30.4 Å². The minimum atomic E-state index is -0.217. The monoisotopic (exact) mass is 295 g/mol. The molecule has 20 heavy (non-hydrogen) atoms. The molecule has 2 rings (SSSR count). The van der Waals surface area contributed by atoms with Gasteiger partial charge in [-0.2, -0.15) is 0 Å². The molecule has 0 saturated carbocycles. The van der Waals surface area contributed by atoms with E-state index in [9.17, 15) is 4.79 Å². The van der Waals surface area contributed by atoms with Crippen LogP contribution in [0.5, 0.6) is 0 Å². The summed E-state index contributed by atoms with van der Waals surface area (Å²) < 4.78 is 1.44. The molecule has 2 aromatic rings. The Morgan fingerprint density at radius 1 is 1.45 bits per heavy atom. The fourth-order valence-corrected chi connectivity index (χ4v) is 2.52. The second kappa shape index (κ2) is 6.53. The van der Waals surface area contributed by atoms with Crippen molar-refractivity contribution in [2.24, 2.45) is 11.7 Å². The standard InChI is InChI=1S/C11H17N7OS/c1-7(2)3-10-15-16-11(20-10)13-9(19)6-18-5-8(4-12)14-17-18/h5,7H,3-4,6,12H2,1-2H3,(H,13,16,19). The smallest absolute Gasteiger partial charge is 0.247 e.